The number of ether oxygens (including phenoxy) is 1. The monoisotopic (exact) mass is 301 g/mol. The highest BCUT2D eigenvalue weighted by molar-refractivity contribution is 5.80. The van der Waals surface area contributed by atoms with E-state index in [2.05, 4.69) is 4.98 Å². The van der Waals surface area contributed by atoms with E-state index >= 15 is 0 Å². The SMILES string of the molecule is CC1(C)COCCN1C(=O)Cn1c(=O)cnc2ccccc21. The fourth-order valence-electron chi connectivity index (χ4n) is 2.82. The van der Waals surface area contributed by atoms with Crippen LogP contribution in [0.15, 0.2) is 35.3 Å². The van der Waals surface area contributed by atoms with E-state index in [1.54, 1.807) is 4.90 Å². The van der Waals surface area contributed by atoms with Gasteiger partial charge in [-0.05, 0) is 26.0 Å². The first kappa shape index (κ1) is 14.7. The van der Waals surface area contributed by atoms with Crippen LogP contribution in [0.25, 0.3) is 11.0 Å². The van der Waals surface area contributed by atoms with Crippen LogP contribution < -0.4 is 5.56 Å². The lowest BCUT2D eigenvalue weighted by Gasteiger charge is -2.42. The summed E-state index contributed by atoms with van der Waals surface area (Å²) < 4.78 is 6.92. The molecule has 2 heterocycles. The van der Waals surface area contributed by atoms with Crippen molar-refractivity contribution in [2.75, 3.05) is 19.8 Å². The fourth-order valence-corrected chi connectivity index (χ4v) is 2.82. The van der Waals surface area contributed by atoms with E-state index in [0.29, 0.717) is 30.8 Å². The zero-order valence-corrected chi connectivity index (χ0v) is 12.8. The Morgan fingerprint density at radius 2 is 2.14 bits per heavy atom. The third-order valence-electron chi connectivity index (χ3n) is 3.99. The zero-order chi connectivity index (χ0) is 15.7. The summed E-state index contributed by atoms with van der Waals surface area (Å²) in [6, 6.07) is 7.33. The molecule has 1 aromatic heterocycles. The van der Waals surface area contributed by atoms with Crippen LogP contribution in [0.2, 0.25) is 0 Å². The molecule has 1 fully saturated rings. The molecule has 0 radical (unpaired) electrons. The smallest absolute Gasteiger partial charge is 0.269 e. The first-order valence-corrected chi connectivity index (χ1v) is 7.32. The van der Waals surface area contributed by atoms with Crippen LogP contribution >= 0.6 is 0 Å². The van der Waals surface area contributed by atoms with Crippen molar-refractivity contribution in [1.29, 1.82) is 0 Å². The molecule has 1 amide bonds. The molecule has 1 saturated heterocycles. The van der Waals surface area contributed by atoms with Gasteiger partial charge in [0, 0.05) is 6.54 Å². The van der Waals surface area contributed by atoms with Gasteiger partial charge in [0.1, 0.15) is 6.54 Å². The van der Waals surface area contributed by atoms with Crippen molar-refractivity contribution < 1.29 is 9.53 Å². The van der Waals surface area contributed by atoms with E-state index in [1.165, 1.54) is 10.8 Å². The highest BCUT2D eigenvalue weighted by Gasteiger charge is 2.34. The second kappa shape index (κ2) is 5.53. The van der Waals surface area contributed by atoms with Crippen molar-refractivity contribution in [1.82, 2.24) is 14.5 Å². The number of carbonyl (C=O) groups excluding carboxylic acids is 1. The number of aromatic nitrogens is 2. The molecule has 116 valence electrons. The Hall–Kier alpha value is -2.21. The average molecular weight is 301 g/mol. The molecule has 0 spiro atoms. The number of carbonyl (C=O) groups is 1. The second-order valence-electron chi connectivity index (χ2n) is 6.08. The van der Waals surface area contributed by atoms with Crippen molar-refractivity contribution in [3.05, 3.63) is 40.8 Å². The Balaban J connectivity index is 1.94. The molecule has 0 N–H and O–H groups in total. The largest absolute Gasteiger partial charge is 0.377 e. The molecule has 0 aliphatic carbocycles. The van der Waals surface area contributed by atoms with Crippen molar-refractivity contribution in [2.45, 2.75) is 25.9 Å². The number of morpholine rings is 1. The maximum atomic E-state index is 12.7. The van der Waals surface area contributed by atoms with Crippen LogP contribution in [-0.2, 0) is 16.1 Å². The van der Waals surface area contributed by atoms with Crippen molar-refractivity contribution >= 4 is 16.9 Å². The third-order valence-corrected chi connectivity index (χ3v) is 3.99. The summed E-state index contributed by atoms with van der Waals surface area (Å²) in [7, 11) is 0. The molecule has 1 aliphatic rings. The van der Waals surface area contributed by atoms with Gasteiger partial charge in [-0.3, -0.25) is 14.2 Å². The number of fused-ring (bicyclic) bond motifs is 1. The Morgan fingerprint density at radius 1 is 1.36 bits per heavy atom. The molecule has 6 nitrogen and oxygen atoms in total. The van der Waals surface area contributed by atoms with Crippen molar-refractivity contribution in [3.8, 4) is 0 Å². The van der Waals surface area contributed by atoms with Gasteiger partial charge < -0.3 is 9.64 Å². The number of amides is 1. The molecule has 0 atom stereocenters. The van der Waals surface area contributed by atoms with Gasteiger partial charge in [0.2, 0.25) is 5.91 Å². The van der Waals surface area contributed by atoms with Crippen molar-refractivity contribution in [3.63, 3.8) is 0 Å². The van der Waals surface area contributed by atoms with E-state index < -0.39 is 0 Å². The van der Waals surface area contributed by atoms with Crippen LogP contribution in [0.3, 0.4) is 0 Å². The van der Waals surface area contributed by atoms with Crippen LogP contribution in [0.5, 0.6) is 0 Å². The number of para-hydroxylation sites is 2. The lowest BCUT2D eigenvalue weighted by Crippen LogP contribution is -2.56. The molecule has 0 bridgehead atoms. The maximum absolute atomic E-state index is 12.7. The Bertz CT molecular complexity index is 767. The molecule has 2 aromatic rings. The predicted molar refractivity (Wildman–Crippen MR) is 82.6 cm³/mol. The topological polar surface area (TPSA) is 64.4 Å². The molecule has 1 aromatic carbocycles. The van der Waals surface area contributed by atoms with Gasteiger partial charge in [-0.1, -0.05) is 12.1 Å². The number of hydrogen-bond acceptors (Lipinski definition) is 4. The molecule has 0 unspecified atom stereocenters. The van der Waals surface area contributed by atoms with Crippen LogP contribution in [0, 0.1) is 0 Å². The van der Waals surface area contributed by atoms with Gasteiger partial charge in [-0.25, -0.2) is 4.98 Å². The summed E-state index contributed by atoms with van der Waals surface area (Å²) in [6.07, 6.45) is 1.26. The summed E-state index contributed by atoms with van der Waals surface area (Å²) in [5.41, 5.74) is 0.755. The van der Waals surface area contributed by atoms with E-state index in [4.69, 9.17) is 4.74 Å². The van der Waals surface area contributed by atoms with Gasteiger partial charge >= 0.3 is 0 Å². The van der Waals surface area contributed by atoms with E-state index in [9.17, 15) is 9.59 Å². The normalized spacial score (nSPS) is 17.6. The lowest BCUT2D eigenvalue weighted by atomic mass is 10.0. The van der Waals surface area contributed by atoms with Gasteiger partial charge in [-0.2, -0.15) is 0 Å². The molecule has 1 aliphatic heterocycles. The zero-order valence-electron chi connectivity index (χ0n) is 12.8. The highest BCUT2D eigenvalue weighted by Crippen LogP contribution is 2.19. The van der Waals surface area contributed by atoms with Gasteiger partial charge in [0.15, 0.2) is 0 Å². The summed E-state index contributed by atoms with van der Waals surface area (Å²) in [4.78, 5) is 30.7. The number of nitrogens with zero attached hydrogens (tertiary/aromatic N) is 3. The first-order chi connectivity index (χ1) is 10.5. The predicted octanol–water partition coefficient (Wildman–Crippen LogP) is 1.03. The molecule has 6 heteroatoms. The molecular formula is C16H19N3O3. The van der Waals surface area contributed by atoms with Crippen molar-refractivity contribution in [2.24, 2.45) is 0 Å². The first-order valence-electron chi connectivity index (χ1n) is 7.32. The summed E-state index contributed by atoms with van der Waals surface area (Å²) in [5, 5.41) is 0. The Morgan fingerprint density at radius 3 is 2.91 bits per heavy atom. The second-order valence-corrected chi connectivity index (χ2v) is 6.08. The number of benzene rings is 1. The minimum atomic E-state index is -0.359. The van der Waals surface area contributed by atoms with E-state index in [0.717, 1.165) is 0 Å². The standard InChI is InChI=1S/C16H19N3O3/c1-16(2)11-22-8-7-19(16)15(21)10-18-13-6-4-3-5-12(13)17-9-14(18)20/h3-6,9H,7-8,10-11H2,1-2H3. The molecular weight excluding hydrogens is 282 g/mol. The van der Waals surface area contributed by atoms with Gasteiger partial charge in [0.05, 0.1) is 36.0 Å². The Kier molecular flexibility index (Phi) is 3.70. The van der Waals surface area contributed by atoms with Crippen LogP contribution in [0.4, 0.5) is 0 Å². The van der Waals surface area contributed by atoms with E-state index in [-0.39, 0.29) is 23.6 Å². The molecule has 22 heavy (non-hydrogen) atoms. The van der Waals surface area contributed by atoms with E-state index in [1.807, 2.05) is 38.1 Å². The van der Waals surface area contributed by atoms with Crippen LogP contribution in [-0.4, -0.2) is 45.7 Å². The minimum Gasteiger partial charge on any atom is -0.377 e. The molecule has 3 rings (SSSR count). The summed E-state index contributed by atoms with van der Waals surface area (Å²) in [6.45, 7) is 5.54. The third kappa shape index (κ3) is 2.62. The minimum absolute atomic E-state index is 0.0191. The highest BCUT2D eigenvalue weighted by atomic mass is 16.5. The van der Waals surface area contributed by atoms with Gasteiger partial charge in [0.25, 0.3) is 5.56 Å². The fraction of sp³-hybridized carbons (Fsp3) is 0.438. The summed E-state index contributed by atoms with van der Waals surface area (Å²) in [5.74, 6) is -0.0771. The molecule has 0 saturated carbocycles. The quantitative estimate of drug-likeness (QED) is 0.831. The number of rotatable bonds is 2. The summed E-state index contributed by atoms with van der Waals surface area (Å²) >= 11 is 0. The maximum Gasteiger partial charge on any atom is 0.269 e. The van der Waals surface area contributed by atoms with Gasteiger partial charge in [-0.15, -0.1) is 0 Å². The lowest BCUT2D eigenvalue weighted by molar-refractivity contribution is -0.146. The Labute approximate surface area is 128 Å². The average Bonchev–Trinajstić information content (AvgIpc) is 2.49. The van der Waals surface area contributed by atoms with Crippen LogP contribution in [0.1, 0.15) is 13.8 Å². The number of hydrogen-bond donors (Lipinski definition) is 0.